The Kier molecular flexibility index (Phi) is 5.66. The van der Waals surface area contributed by atoms with Crippen molar-refractivity contribution in [2.75, 3.05) is 0 Å². The fourth-order valence-electron chi connectivity index (χ4n) is 4.24. The molecule has 35 heavy (non-hydrogen) atoms. The van der Waals surface area contributed by atoms with Gasteiger partial charge in [-0.05, 0) is 38.1 Å². The van der Waals surface area contributed by atoms with Crippen LogP contribution < -0.4 is 11.1 Å². The largest absolute Gasteiger partial charge is 0.297 e. The lowest BCUT2D eigenvalue weighted by molar-refractivity contribution is 0.630. The molecule has 0 aliphatic rings. The number of para-hydroxylation sites is 2. The van der Waals surface area contributed by atoms with E-state index in [1.54, 1.807) is 9.36 Å². The minimum atomic E-state index is -0.249. The second kappa shape index (κ2) is 8.95. The van der Waals surface area contributed by atoms with Crippen LogP contribution >= 0.6 is 0 Å². The van der Waals surface area contributed by atoms with Gasteiger partial charge in [-0.2, -0.15) is 0 Å². The monoisotopic (exact) mass is 463 g/mol. The van der Waals surface area contributed by atoms with Crippen molar-refractivity contribution in [3.05, 3.63) is 134 Å². The first-order chi connectivity index (χ1) is 17.0. The Morgan fingerprint density at radius 1 is 0.743 bits per heavy atom. The number of benzene rings is 3. The number of aryl methyl sites for hydroxylation is 1. The van der Waals surface area contributed by atoms with Crippen molar-refractivity contribution in [1.82, 2.24) is 19.1 Å². The van der Waals surface area contributed by atoms with Crippen LogP contribution in [0.2, 0.25) is 0 Å². The first kappa shape index (κ1) is 22.2. The number of hydrogen-bond donors (Lipinski definition) is 1. The average Bonchev–Trinajstić information content (AvgIpc) is 3.30. The summed E-state index contributed by atoms with van der Waals surface area (Å²) < 4.78 is 4.87. The predicted octanol–water partition coefficient (Wildman–Crippen LogP) is 4.44. The van der Waals surface area contributed by atoms with Crippen LogP contribution in [0, 0.1) is 13.8 Å². The summed E-state index contributed by atoms with van der Waals surface area (Å²) in [5.74, 6) is 0. The van der Waals surface area contributed by atoms with Crippen LogP contribution in [0.25, 0.3) is 11.4 Å². The van der Waals surface area contributed by atoms with Gasteiger partial charge in [-0.1, -0.05) is 66.7 Å². The summed E-state index contributed by atoms with van der Waals surface area (Å²) in [5, 5.41) is 3.17. The van der Waals surface area contributed by atoms with E-state index in [0.29, 0.717) is 28.4 Å². The molecule has 0 unspecified atom stereocenters. The van der Waals surface area contributed by atoms with Crippen molar-refractivity contribution in [2.24, 2.45) is 12.0 Å². The first-order valence-electron chi connectivity index (χ1n) is 11.3. The predicted molar refractivity (Wildman–Crippen MR) is 139 cm³/mol. The fraction of sp³-hybridized carbons (Fsp3) is 0.107. The summed E-state index contributed by atoms with van der Waals surface area (Å²) in [6.07, 6.45) is 0. The van der Waals surface area contributed by atoms with Gasteiger partial charge in [0.05, 0.1) is 28.3 Å². The zero-order valence-electron chi connectivity index (χ0n) is 19.8. The SMILES string of the molecule is Cc1[nH]n(-c2ccccc2)c(=O)c1C(=Nc1c(C)n(C)n(-c2ccccc2)c1=O)c1ccccc1. The van der Waals surface area contributed by atoms with Crippen molar-refractivity contribution in [1.29, 1.82) is 0 Å². The molecule has 7 heteroatoms. The van der Waals surface area contributed by atoms with Crippen molar-refractivity contribution < 1.29 is 0 Å². The maximum atomic E-state index is 13.6. The Bertz CT molecular complexity index is 1640. The minimum Gasteiger partial charge on any atom is -0.295 e. The second-order valence-corrected chi connectivity index (χ2v) is 8.32. The van der Waals surface area contributed by atoms with Gasteiger partial charge in [0.1, 0.15) is 0 Å². The normalized spacial score (nSPS) is 11.7. The fourth-order valence-corrected chi connectivity index (χ4v) is 4.24. The molecule has 5 rings (SSSR count). The molecule has 5 aromatic rings. The van der Waals surface area contributed by atoms with Gasteiger partial charge >= 0.3 is 0 Å². The molecule has 0 amide bonds. The summed E-state index contributed by atoms with van der Waals surface area (Å²) in [6, 6.07) is 28.3. The second-order valence-electron chi connectivity index (χ2n) is 8.32. The Morgan fingerprint density at radius 3 is 1.89 bits per heavy atom. The topological polar surface area (TPSA) is 77.1 Å². The van der Waals surface area contributed by atoms with E-state index < -0.39 is 0 Å². The Balaban J connectivity index is 1.77. The molecule has 0 aliphatic heterocycles. The molecule has 0 saturated carbocycles. The van der Waals surface area contributed by atoms with Gasteiger partial charge in [0.25, 0.3) is 11.1 Å². The van der Waals surface area contributed by atoms with E-state index in [-0.39, 0.29) is 11.1 Å². The maximum absolute atomic E-state index is 13.6. The highest BCUT2D eigenvalue weighted by molar-refractivity contribution is 6.14. The summed E-state index contributed by atoms with van der Waals surface area (Å²) in [4.78, 5) is 32.0. The molecule has 174 valence electrons. The number of nitrogens with zero attached hydrogens (tertiary/aromatic N) is 4. The molecule has 0 spiro atoms. The third-order valence-electron chi connectivity index (χ3n) is 6.12. The summed E-state index contributed by atoms with van der Waals surface area (Å²) in [6.45, 7) is 3.70. The van der Waals surface area contributed by atoms with Crippen molar-refractivity contribution in [3.8, 4) is 11.4 Å². The molecule has 0 radical (unpaired) electrons. The number of hydrogen-bond acceptors (Lipinski definition) is 3. The summed E-state index contributed by atoms with van der Waals surface area (Å²) in [7, 11) is 1.83. The molecule has 0 aliphatic carbocycles. The molecular weight excluding hydrogens is 438 g/mol. The van der Waals surface area contributed by atoms with Crippen LogP contribution in [-0.4, -0.2) is 24.9 Å². The number of aliphatic imine (C=N–C) groups is 1. The quantitative estimate of drug-likeness (QED) is 0.391. The lowest BCUT2D eigenvalue weighted by atomic mass is 10.0. The molecule has 1 N–H and O–H groups in total. The number of nitrogens with one attached hydrogen (secondary N) is 1. The highest BCUT2D eigenvalue weighted by Crippen LogP contribution is 2.21. The van der Waals surface area contributed by atoms with Gasteiger partial charge in [-0.15, -0.1) is 0 Å². The van der Waals surface area contributed by atoms with Gasteiger partial charge in [0.15, 0.2) is 5.69 Å². The first-order valence-corrected chi connectivity index (χ1v) is 11.3. The van der Waals surface area contributed by atoms with Gasteiger partial charge < -0.3 is 0 Å². The molecule has 0 fully saturated rings. The van der Waals surface area contributed by atoms with Gasteiger partial charge in [0.2, 0.25) is 0 Å². The van der Waals surface area contributed by atoms with Crippen molar-refractivity contribution >= 4 is 11.4 Å². The average molecular weight is 464 g/mol. The van der Waals surface area contributed by atoms with Gasteiger partial charge in [-0.25, -0.2) is 14.4 Å². The molecule has 7 nitrogen and oxygen atoms in total. The maximum Gasteiger partial charge on any atom is 0.297 e. The molecule has 3 aromatic carbocycles. The number of aromatic amines is 1. The Morgan fingerprint density at radius 2 is 1.29 bits per heavy atom. The third-order valence-corrected chi connectivity index (χ3v) is 6.12. The van der Waals surface area contributed by atoms with Crippen LogP contribution in [0.15, 0.2) is 106 Å². The van der Waals surface area contributed by atoms with E-state index in [1.807, 2.05) is 112 Å². The summed E-state index contributed by atoms with van der Waals surface area (Å²) >= 11 is 0. The van der Waals surface area contributed by atoms with Gasteiger partial charge in [-0.3, -0.25) is 19.4 Å². The summed E-state index contributed by atoms with van der Waals surface area (Å²) in [5.41, 5.74) is 4.27. The van der Waals surface area contributed by atoms with Crippen LogP contribution in [-0.2, 0) is 7.05 Å². The van der Waals surface area contributed by atoms with E-state index >= 15 is 0 Å². The zero-order valence-corrected chi connectivity index (χ0v) is 19.8. The molecule has 0 bridgehead atoms. The van der Waals surface area contributed by atoms with E-state index in [2.05, 4.69) is 5.10 Å². The van der Waals surface area contributed by atoms with E-state index in [1.165, 1.54) is 4.68 Å². The van der Waals surface area contributed by atoms with Crippen LogP contribution in [0.1, 0.15) is 22.5 Å². The van der Waals surface area contributed by atoms with Crippen LogP contribution in [0.5, 0.6) is 0 Å². The molecular formula is C28H25N5O2. The molecule has 2 heterocycles. The third kappa shape index (κ3) is 3.87. The highest BCUT2D eigenvalue weighted by Gasteiger charge is 2.22. The number of aromatic nitrogens is 4. The minimum absolute atomic E-state index is 0.228. The van der Waals surface area contributed by atoms with Crippen molar-refractivity contribution in [2.45, 2.75) is 13.8 Å². The molecule has 0 atom stereocenters. The number of H-pyrrole nitrogens is 1. The van der Waals surface area contributed by atoms with Crippen LogP contribution in [0.4, 0.5) is 5.69 Å². The zero-order chi connectivity index (χ0) is 24.5. The lowest BCUT2D eigenvalue weighted by Gasteiger charge is -2.07. The van der Waals surface area contributed by atoms with E-state index in [9.17, 15) is 9.59 Å². The van der Waals surface area contributed by atoms with E-state index in [0.717, 1.165) is 16.9 Å². The van der Waals surface area contributed by atoms with E-state index in [4.69, 9.17) is 4.99 Å². The standard InChI is InChI=1S/C28H25N5O2/c1-19-24(27(34)32(30-19)22-15-9-5-10-16-22)26(21-13-7-4-8-14-21)29-25-20(2)31(3)33(28(25)35)23-17-11-6-12-18-23/h4-18,30H,1-3H3. The highest BCUT2D eigenvalue weighted by atomic mass is 16.1. The molecule has 2 aromatic heterocycles. The van der Waals surface area contributed by atoms with Crippen molar-refractivity contribution in [3.63, 3.8) is 0 Å². The van der Waals surface area contributed by atoms with Gasteiger partial charge in [0, 0.05) is 18.3 Å². The van der Waals surface area contributed by atoms with Crippen LogP contribution in [0.3, 0.4) is 0 Å². The smallest absolute Gasteiger partial charge is 0.295 e. The Labute approximate surface area is 202 Å². The lowest BCUT2D eigenvalue weighted by Crippen LogP contribution is -2.22. The Hall–Kier alpha value is -4.65. The number of rotatable bonds is 5. The molecule has 0 saturated heterocycles.